The fraction of sp³-hybridized carbons (Fsp3) is 0.500. The van der Waals surface area contributed by atoms with E-state index in [1.165, 1.54) is 17.0 Å². The quantitative estimate of drug-likeness (QED) is 0.336. The van der Waals surface area contributed by atoms with Crippen LogP contribution in [0, 0.1) is 11.6 Å². The van der Waals surface area contributed by atoms with E-state index >= 15 is 8.78 Å². The van der Waals surface area contributed by atoms with Crippen molar-refractivity contribution in [1.29, 1.82) is 0 Å². The second kappa shape index (κ2) is 10.3. The van der Waals surface area contributed by atoms with Crippen LogP contribution in [0.1, 0.15) is 49.6 Å². The lowest BCUT2D eigenvalue weighted by Crippen LogP contribution is -2.54. The molecule has 200 valence electrons. The number of halogens is 4. The summed E-state index contributed by atoms with van der Waals surface area (Å²) in [6.45, 7) is 4.39. The van der Waals surface area contributed by atoms with Crippen LogP contribution in [0.15, 0.2) is 36.4 Å². The van der Waals surface area contributed by atoms with Crippen molar-refractivity contribution >= 4 is 16.6 Å². The van der Waals surface area contributed by atoms with Crippen LogP contribution < -0.4 is 5.32 Å². The molecule has 1 saturated heterocycles. The van der Waals surface area contributed by atoms with E-state index in [0.717, 1.165) is 48.9 Å². The number of rotatable bonds is 9. The summed E-state index contributed by atoms with van der Waals surface area (Å²) >= 11 is 0. The molecule has 3 aromatic rings. The number of nitrogens with zero attached hydrogens (tertiary/aromatic N) is 2. The lowest BCUT2D eigenvalue weighted by Gasteiger charge is -2.42. The molecule has 1 fully saturated rings. The van der Waals surface area contributed by atoms with E-state index in [1.807, 2.05) is 24.3 Å². The van der Waals surface area contributed by atoms with Crippen LogP contribution >= 0.6 is 0 Å². The fourth-order valence-corrected chi connectivity index (χ4v) is 5.77. The van der Waals surface area contributed by atoms with E-state index in [1.54, 1.807) is 6.92 Å². The average molecular weight is 519 g/mol. The van der Waals surface area contributed by atoms with Crippen molar-refractivity contribution in [3.8, 4) is 0 Å². The topological polar surface area (TPSA) is 54.5 Å². The normalized spacial score (nSPS) is 21.3. The Kier molecular flexibility index (Phi) is 7.22. The molecule has 3 heterocycles. The van der Waals surface area contributed by atoms with Gasteiger partial charge in [-0.25, -0.2) is 17.6 Å². The summed E-state index contributed by atoms with van der Waals surface area (Å²) in [6, 6.07) is 8.63. The Morgan fingerprint density at radius 3 is 2.51 bits per heavy atom. The Hall–Kier alpha value is -2.62. The summed E-state index contributed by atoms with van der Waals surface area (Å²) < 4.78 is 60.3. The highest BCUT2D eigenvalue weighted by molar-refractivity contribution is 5.85. The molecule has 9 heteroatoms. The number of hydrogen-bond donors (Lipinski definition) is 3. The zero-order valence-electron chi connectivity index (χ0n) is 21.2. The minimum atomic E-state index is -3.42. The van der Waals surface area contributed by atoms with Crippen molar-refractivity contribution in [2.24, 2.45) is 0 Å². The second-order valence-corrected chi connectivity index (χ2v) is 10.5. The Morgan fingerprint density at radius 2 is 1.84 bits per heavy atom. The number of likely N-dealkylation sites (tertiary alicyclic amines) is 1. The minimum Gasteiger partial charge on any atom is -0.390 e. The number of fused-ring (bicyclic) bond motifs is 3. The monoisotopic (exact) mass is 518 g/mol. The van der Waals surface area contributed by atoms with Crippen molar-refractivity contribution in [1.82, 2.24) is 14.8 Å². The van der Waals surface area contributed by atoms with Gasteiger partial charge >= 0.3 is 0 Å². The van der Waals surface area contributed by atoms with Crippen LogP contribution in [0.4, 0.5) is 23.2 Å². The van der Waals surface area contributed by atoms with Gasteiger partial charge < -0.3 is 15.4 Å². The van der Waals surface area contributed by atoms with Gasteiger partial charge in [0.15, 0.2) is 0 Å². The second-order valence-electron chi connectivity index (χ2n) is 10.5. The number of nitrogens with one attached hydrogen (secondary N) is 2. The first-order chi connectivity index (χ1) is 17.7. The van der Waals surface area contributed by atoms with Crippen LogP contribution in [0.5, 0.6) is 0 Å². The van der Waals surface area contributed by atoms with Gasteiger partial charge in [-0.15, -0.1) is 0 Å². The van der Waals surface area contributed by atoms with Crippen molar-refractivity contribution in [2.75, 3.05) is 38.1 Å². The standard InChI is InChI=1S/C28H34F4N4O/c1-3-4-9-35-13-19(14-35)33-18-11-22(29)25(23(30)12-18)27-26-21(20-7-5-6-8-24(20)34-26)10-17(2)36(27)15-28(31,32)16-37/h5-8,11-12,17,19,27,33-34,37H,3-4,9-10,13-16H2,1-2H3. The number of aliphatic hydroxyl groups is 1. The molecule has 1 aromatic heterocycles. The number of benzene rings is 2. The molecule has 2 aliphatic heterocycles. The first-order valence-electron chi connectivity index (χ1n) is 13.0. The van der Waals surface area contributed by atoms with Gasteiger partial charge in [0.05, 0.1) is 18.6 Å². The molecule has 3 N–H and O–H groups in total. The smallest absolute Gasteiger partial charge is 0.283 e. The summed E-state index contributed by atoms with van der Waals surface area (Å²) in [7, 11) is 0. The molecule has 5 nitrogen and oxygen atoms in total. The number of hydrogen-bond acceptors (Lipinski definition) is 4. The fourth-order valence-electron chi connectivity index (χ4n) is 5.77. The molecule has 2 aliphatic rings. The third-order valence-electron chi connectivity index (χ3n) is 7.67. The van der Waals surface area contributed by atoms with Crippen molar-refractivity contribution in [2.45, 2.75) is 57.2 Å². The maximum atomic E-state index is 15.7. The van der Waals surface area contributed by atoms with Gasteiger partial charge in [0.1, 0.15) is 18.2 Å². The number of para-hydroxylation sites is 1. The van der Waals surface area contributed by atoms with E-state index in [9.17, 15) is 13.9 Å². The van der Waals surface area contributed by atoms with E-state index in [0.29, 0.717) is 17.8 Å². The summed E-state index contributed by atoms with van der Waals surface area (Å²) in [6.07, 6.45) is 2.67. The lowest BCUT2D eigenvalue weighted by atomic mass is 9.87. The molecule has 0 amide bonds. The highest BCUT2D eigenvalue weighted by Crippen LogP contribution is 2.43. The molecule has 37 heavy (non-hydrogen) atoms. The van der Waals surface area contributed by atoms with Gasteiger partial charge in [-0.05, 0) is 50.1 Å². The summed E-state index contributed by atoms with van der Waals surface area (Å²) in [5.41, 5.74) is 2.25. The van der Waals surface area contributed by atoms with Gasteiger partial charge in [-0.2, -0.15) is 0 Å². The molecule has 2 aromatic carbocycles. The van der Waals surface area contributed by atoms with Crippen molar-refractivity contribution in [3.05, 3.63) is 64.9 Å². The summed E-state index contributed by atoms with van der Waals surface area (Å²) in [5.74, 6) is -4.99. The van der Waals surface area contributed by atoms with Gasteiger partial charge in [0.2, 0.25) is 0 Å². The van der Waals surface area contributed by atoms with Crippen molar-refractivity contribution < 1.29 is 22.7 Å². The number of aromatic amines is 1. The van der Waals surface area contributed by atoms with Gasteiger partial charge in [0, 0.05) is 47.0 Å². The number of unbranched alkanes of at least 4 members (excludes halogenated alkanes) is 1. The van der Waals surface area contributed by atoms with Gasteiger partial charge in [0.25, 0.3) is 5.92 Å². The maximum absolute atomic E-state index is 15.7. The van der Waals surface area contributed by atoms with Crippen LogP contribution in [0.2, 0.25) is 0 Å². The van der Waals surface area contributed by atoms with Crippen LogP contribution in [-0.2, 0) is 6.42 Å². The first kappa shape index (κ1) is 26.0. The number of H-pyrrole nitrogens is 1. The third-order valence-corrected chi connectivity index (χ3v) is 7.67. The molecule has 0 spiro atoms. The van der Waals surface area contributed by atoms with Crippen LogP contribution in [0.25, 0.3) is 10.9 Å². The molecule has 0 saturated carbocycles. The van der Waals surface area contributed by atoms with Gasteiger partial charge in [-0.1, -0.05) is 31.5 Å². The minimum absolute atomic E-state index is 0.108. The van der Waals surface area contributed by atoms with E-state index in [2.05, 4.69) is 22.1 Å². The summed E-state index contributed by atoms with van der Waals surface area (Å²) in [5, 5.41) is 13.4. The predicted octanol–water partition coefficient (Wildman–Crippen LogP) is 5.31. The van der Waals surface area contributed by atoms with E-state index in [-0.39, 0.29) is 11.6 Å². The van der Waals surface area contributed by atoms with E-state index < -0.39 is 42.8 Å². The van der Waals surface area contributed by atoms with Crippen LogP contribution in [-0.4, -0.2) is 70.7 Å². The first-order valence-corrected chi connectivity index (χ1v) is 13.0. The zero-order chi connectivity index (χ0) is 26.3. The predicted molar refractivity (Wildman–Crippen MR) is 137 cm³/mol. The Morgan fingerprint density at radius 1 is 1.14 bits per heavy atom. The molecule has 0 radical (unpaired) electrons. The molecule has 2 atom stereocenters. The molecular formula is C28H34F4N4O. The molecule has 5 rings (SSSR count). The highest BCUT2D eigenvalue weighted by atomic mass is 19.3. The van der Waals surface area contributed by atoms with Gasteiger partial charge in [-0.3, -0.25) is 9.80 Å². The van der Waals surface area contributed by atoms with Crippen LogP contribution in [0.3, 0.4) is 0 Å². The largest absolute Gasteiger partial charge is 0.390 e. The molecule has 2 unspecified atom stereocenters. The molecule has 0 bridgehead atoms. The number of aliphatic hydroxyl groups excluding tert-OH is 1. The van der Waals surface area contributed by atoms with Crippen molar-refractivity contribution in [3.63, 3.8) is 0 Å². The lowest BCUT2D eigenvalue weighted by molar-refractivity contribution is -0.0869. The average Bonchev–Trinajstić information content (AvgIpc) is 3.19. The number of aromatic nitrogens is 1. The van der Waals surface area contributed by atoms with E-state index in [4.69, 9.17) is 0 Å². The molecule has 0 aliphatic carbocycles. The Labute approximate surface area is 214 Å². The SMILES string of the molecule is CCCCN1CC(Nc2cc(F)c(C3c4[nH]c5ccccc5c4CC(C)N3CC(F)(F)CO)c(F)c2)C1. The Bertz CT molecular complexity index is 1230. The number of anilines is 1. The third kappa shape index (κ3) is 5.09. The zero-order valence-corrected chi connectivity index (χ0v) is 21.2. The maximum Gasteiger partial charge on any atom is 0.283 e. The molecular weight excluding hydrogens is 484 g/mol. The Balaban J connectivity index is 1.50. The summed E-state index contributed by atoms with van der Waals surface area (Å²) in [4.78, 5) is 6.95. The highest BCUT2D eigenvalue weighted by Gasteiger charge is 2.43. The number of alkyl halides is 2.